The van der Waals surface area contributed by atoms with Gasteiger partial charge in [-0.25, -0.2) is 9.18 Å². The summed E-state index contributed by atoms with van der Waals surface area (Å²) in [5.74, 6) is -2.38. The van der Waals surface area contributed by atoms with Crippen molar-refractivity contribution < 1.29 is 23.8 Å². The Bertz CT molecular complexity index is 569. The fourth-order valence-electron chi connectivity index (χ4n) is 2.11. The molecule has 1 heterocycles. The Kier molecular flexibility index (Phi) is 4.79. The molecule has 1 aromatic carbocycles. The maximum absolute atomic E-state index is 13.6. The number of hydrogen-bond donors (Lipinski definition) is 2. The first-order valence-electron chi connectivity index (χ1n) is 6.19. The number of halogens is 2. The summed E-state index contributed by atoms with van der Waals surface area (Å²) < 4.78 is 19.3. The van der Waals surface area contributed by atoms with Crippen molar-refractivity contribution in [2.75, 3.05) is 25.6 Å². The number of nitrogens with zero attached hydrogens (tertiary/aromatic N) is 1. The van der Waals surface area contributed by atoms with E-state index in [4.69, 9.17) is 9.84 Å². The third kappa shape index (κ3) is 3.51. The Labute approximate surface area is 129 Å². The van der Waals surface area contributed by atoms with E-state index in [1.54, 1.807) is 0 Å². The highest BCUT2D eigenvalue weighted by Gasteiger charge is 2.38. The number of ether oxygens (including phenoxy) is 1. The standard InChI is InChI=1S/C13H14BrFN2O4/c1-17(11-6-21-5-8(11)12(18)19)13(20)16-10-4-7(14)2-3-9(10)15/h2-4,8,11H,5-6H2,1H3,(H,16,20)(H,18,19). The lowest BCUT2D eigenvalue weighted by Crippen LogP contribution is -2.46. The van der Waals surface area contributed by atoms with Gasteiger partial charge in [-0.1, -0.05) is 15.9 Å². The molecule has 1 aliphatic rings. The highest BCUT2D eigenvalue weighted by atomic mass is 79.9. The lowest BCUT2D eigenvalue weighted by Gasteiger charge is -2.26. The molecule has 2 rings (SSSR count). The minimum atomic E-state index is -1.02. The van der Waals surface area contributed by atoms with E-state index >= 15 is 0 Å². The quantitative estimate of drug-likeness (QED) is 0.865. The van der Waals surface area contributed by atoms with Gasteiger partial charge in [-0.2, -0.15) is 0 Å². The van der Waals surface area contributed by atoms with Crippen molar-refractivity contribution in [1.82, 2.24) is 4.90 Å². The minimum Gasteiger partial charge on any atom is -0.481 e. The molecule has 0 bridgehead atoms. The average molecular weight is 361 g/mol. The Morgan fingerprint density at radius 1 is 1.48 bits per heavy atom. The van der Waals surface area contributed by atoms with Gasteiger partial charge in [-0.15, -0.1) is 0 Å². The number of urea groups is 1. The highest BCUT2D eigenvalue weighted by molar-refractivity contribution is 9.10. The molecule has 1 saturated heterocycles. The Morgan fingerprint density at radius 2 is 2.19 bits per heavy atom. The molecule has 1 fully saturated rings. The van der Waals surface area contributed by atoms with Crippen LogP contribution in [0.5, 0.6) is 0 Å². The summed E-state index contributed by atoms with van der Waals surface area (Å²) in [5.41, 5.74) is 0.0204. The second-order valence-corrected chi connectivity index (χ2v) is 5.63. The number of carboxylic acids is 1. The molecule has 6 nitrogen and oxygen atoms in total. The molecule has 1 aliphatic heterocycles. The first-order chi connectivity index (χ1) is 9.90. The molecule has 2 unspecified atom stereocenters. The predicted molar refractivity (Wildman–Crippen MR) is 76.6 cm³/mol. The van der Waals surface area contributed by atoms with E-state index in [1.807, 2.05) is 0 Å². The molecule has 2 amide bonds. The van der Waals surface area contributed by atoms with Crippen LogP contribution >= 0.6 is 15.9 Å². The summed E-state index contributed by atoms with van der Waals surface area (Å²) >= 11 is 3.19. The van der Waals surface area contributed by atoms with Crippen LogP contribution in [-0.2, 0) is 9.53 Å². The van der Waals surface area contributed by atoms with Crippen LogP contribution in [0, 0.1) is 11.7 Å². The van der Waals surface area contributed by atoms with Crippen molar-refractivity contribution in [1.29, 1.82) is 0 Å². The van der Waals surface area contributed by atoms with Gasteiger partial charge in [0.05, 0.1) is 24.9 Å². The van der Waals surface area contributed by atoms with E-state index in [2.05, 4.69) is 21.2 Å². The molecule has 1 aromatic rings. The van der Waals surface area contributed by atoms with E-state index in [0.717, 1.165) is 0 Å². The minimum absolute atomic E-state index is 0.0204. The number of nitrogens with one attached hydrogen (secondary N) is 1. The summed E-state index contributed by atoms with van der Waals surface area (Å²) in [6, 6.07) is 2.99. The van der Waals surface area contributed by atoms with Crippen molar-refractivity contribution in [3.63, 3.8) is 0 Å². The van der Waals surface area contributed by atoms with Crippen LogP contribution in [0.2, 0.25) is 0 Å². The van der Waals surface area contributed by atoms with Crippen LogP contribution in [0.15, 0.2) is 22.7 Å². The van der Waals surface area contributed by atoms with E-state index in [1.165, 1.54) is 30.1 Å². The summed E-state index contributed by atoms with van der Waals surface area (Å²) in [4.78, 5) is 24.4. The van der Waals surface area contributed by atoms with Crippen LogP contribution in [0.3, 0.4) is 0 Å². The molecule has 2 N–H and O–H groups in total. The van der Waals surface area contributed by atoms with E-state index in [-0.39, 0.29) is 18.9 Å². The second-order valence-electron chi connectivity index (χ2n) is 4.71. The molecular formula is C13H14BrFN2O4. The third-order valence-electron chi connectivity index (χ3n) is 3.36. The molecule has 21 heavy (non-hydrogen) atoms. The number of carboxylic acid groups (broad SMARTS) is 1. The molecule has 114 valence electrons. The highest BCUT2D eigenvalue weighted by Crippen LogP contribution is 2.23. The lowest BCUT2D eigenvalue weighted by atomic mass is 10.0. The number of benzene rings is 1. The van der Waals surface area contributed by atoms with E-state index in [9.17, 15) is 14.0 Å². The van der Waals surface area contributed by atoms with Crippen LogP contribution < -0.4 is 5.32 Å². The number of likely N-dealkylation sites (N-methyl/N-ethyl adjacent to an activating group) is 1. The van der Waals surface area contributed by atoms with Gasteiger partial charge in [-0.3, -0.25) is 4.79 Å². The predicted octanol–water partition coefficient (Wildman–Crippen LogP) is 2.15. The fraction of sp³-hybridized carbons (Fsp3) is 0.385. The number of amides is 2. The number of aliphatic carboxylic acids is 1. The topological polar surface area (TPSA) is 78.9 Å². The second kappa shape index (κ2) is 6.40. The Hall–Kier alpha value is -1.67. The first-order valence-corrected chi connectivity index (χ1v) is 6.99. The number of hydrogen-bond acceptors (Lipinski definition) is 3. The summed E-state index contributed by atoms with van der Waals surface area (Å²) in [7, 11) is 1.46. The first kappa shape index (κ1) is 15.7. The third-order valence-corrected chi connectivity index (χ3v) is 3.85. The monoisotopic (exact) mass is 360 g/mol. The van der Waals surface area contributed by atoms with Gasteiger partial charge in [0.25, 0.3) is 0 Å². The molecule has 0 spiro atoms. The maximum Gasteiger partial charge on any atom is 0.322 e. The number of anilines is 1. The normalized spacial score (nSPS) is 21.1. The molecule has 0 radical (unpaired) electrons. The fourth-order valence-corrected chi connectivity index (χ4v) is 2.47. The summed E-state index contributed by atoms with van der Waals surface area (Å²) in [6.07, 6.45) is 0. The molecule has 0 saturated carbocycles. The zero-order chi connectivity index (χ0) is 15.6. The Morgan fingerprint density at radius 3 is 2.86 bits per heavy atom. The van der Waals surface area contributed by atoms with Crippen molar-refractivity contribution in [3.05, 3.63) is 28.5 Å². The average Bonchev–Trinajstić information content (AvgIpc) is 2.91. The molecule has 0 aliphatic carbocycles. The SMILES string of the molecule is CN(C(=O)Nc1cc(Br)ccc1F)C1COCC1C(=O)O. The largest absolute Gasteiger partial charge is 0.481 e. The zero-order valence-corrected chi connectivity index (χ0v) is 12.8. The van der Waals surface area contributed by atoms with Crippen LogP contribution in [0.4, 0.5) is 14.9 Å². The van der Waals surface area contributed by atoms with Gasteiger partial charge in [0, 0.05) is 11.5 Å². The van der Waals surface area contributed by atoms with Gasteiger partial charge < -0.3 is 20.1 Å². The van der Waals surface area contributed by atoms with E-state index in [0.29, 0.717) is 4.47 Å². The van der Waals surface area contributed by atoms with Gasteiger partial charge in [0.1, 0.15) is 11.7 Å². The smallest absolute Gasteiger partial charge is 0.322 e. The Balaban J connectivity index is 2.09. The van der Waals surface area contributed by atoms with Crippen molar-refractivity contribution >= 4 is 33.6 Å². The molecule has 8 heteroatoms. The van der Waals surface area contributed by atoms with Crippen molar-refractivity contribution in [2.24, 2.45) is 5.92 Å². The van der Waals surface area contributed by atoms with Gasteiger partial charge in [0.2, 0.25) is 0 Å². The van der Waals surface area contributed by atoms with Gasteiger partial charge >= 0.3 is 12.0 Å². The van der Waals surface area contributed by atoms with Crippen LogP contribution in [-0.4, -0.2) is 48.3 Å². The van der Waals surface area contributed by atoms with Crippen molar-refractivity contribution in [2.45, 2.75) is 6.04 Å². The number of carbonyl (C=O) groups is 2. The number of carbonyl (C=O) groups excluding carboxylic acids is 1. The van der Waals surface area contributed by atoms with Crippen LogP contribution in [0.1, 0.15) is 0 Å². The summed E-state index contributed by atoms with van der Waals surface area (Å²) in [5, 5.41) is 11.5. The summed E-state index contributed by atoms with van der Waals surface area (Å²) in [6.45, 7) is 0.199. The number of rotatable bonds is 3. The van der Waals surface area contributed by atoms with E-state index < -0.39 is 29.8 Å². The zero-order valence-electron chi connectivity index (χ0n) is 11.2. The van der Waals surface area contributed by atoms with Gasteiger partial charge in [-0.05, 0) is 18.2 Å². The van der Waals surface area contributed by atoms with Gasteiger partial charge in [0.15, 0.2) is 0 Å². The lowest BCUT2D eigenvalue weighted by molar-refractivity contribution is -0.142. The molecular weight excluding hydrogens is 347 g/mol. The van der Waals surface area contributed by atoms with Crippen molar-refractivity contribution in [3.8, 4) is 0 Å². The maximum atomic E-state index is 13.6. The van der Waals surface area contributed by atoms with Crippen LogP contribution in [0.25, 0.3) is 0 Å². The molecule has 2 atom stereocenters. The molecule has 0 aromatic heterocycles.